The zero-order valence-electron chi connectivity index (χ0n) is 11.0. The lowest BCUT2D eigenvalue weighted by Gasteiger charge is -2.19. The monoisotopic (exact) mass is 265 g/mol. The lowest BCUT2D eigenvalue weighted by molar-refractivity contribution is -0.383. The highest BCUT2D eigenvalue weighted by Crippen LogP contribution is 2.32. The Morgan fingerprint density at radius 1 is 1.53 bits per heavy atom. The minimum atomic E-state index is -0.438. The van der Waals surface area contributed by atoms with E-state index >= 15 is 0 Å². The number of hydrogen-bond acceptors (Lipinski definition) is 5. The first-order valence-corrected chi connectivity index (χ1v) is 6.41. The zero-order chi connectivity index (χ0) is 13.8. The zero-order valence-corrected chi connectivity index (χ0v) is 11.0. The van der Waals surface area contributed by atoms with Gasteiger partial charge in [-0.25, -0.2) is 0 Å². The average molecular weight is 265 g/mol. The molecule has 0 atom stereocenters. The van der Waals surface area contributed by atoms with Crippen LogP contribution in [0.4, 0.5) is 17.1 Å². The summed E-state index contributed by atoms with van der Waals surface area (Å²) in [6.45, 7) is 1.98. The van der Waals surface area contributed by atoms with Gasteiger partial charge in [-0.15, -0.1) is 0 Å². The van der Waals surface area contributed by atoms with Gasteiger partial charge in [0.25, 0.3) is 0 Å². The van der Waals surface area contributed by atoms with Gasteiger partial charge in [-0.2, -0.15) is 0 Å². The molecule has 0 unspecified atom stereocenters. The standard InChI is InChI=1S/C13H19N3O3/c1-15(7-8-19-9-10-5-6-10)12-4-2-3-11(14)13(12)16(17)18/h2-4,10H,5-9,14H2,1H3. The molecule has 1 saturated carbocycles. The van der Waals surface area contributed by atoms with Crippen molar-refractivity contribution in [3.05, 3.63) is 28.3 Å². The molecule has 1 aromatic carbocycles. The van der Waals surface area contributed by atoms with E-state index in [-0.39, 0.29) is 11.4 Å². The van der Waals surface area contributed by atoms with Crippen LogP contribution in [0, 0.1) is 16.0 Å². The number of hydrogen-bond donors (Lipinski definition) is 1. The summed E-state index contributed by atoms with van der Waals surface area (Å²) in [5.41, 5.74) is 6.34. The maximum Gasteiger partial charge on any atom is 0.315 e. The molecule has 1 aliphatic carbocycles. The molecule has 0 bridgehead atoms. The Morgan fingerprint density at radius 2 is 2.26 bits per heavy atom. The maximum atomic E-state index is 11.0. The summed E-state index contributed by atoms with van der Waals surface area (Å²) >= 11 is 0. The summed E-state index contributed by atoms with van der Waals surface area (Å²) < 4.78 is 5.54. The first kappa shape index (κ1) is 13.6. The largest absolute Gasteiger partial charge is 0.393 e. The number of nitrogen functional groups attached to an aromatic ring is 1. The fraction of sp³-hybridized carbons (Fsp3) is 0.538. The minimum absolute atomic E-state index is 0.0350. The molecule has 2 N–H and O–H groups in total. The van der Waals surface area contributed by atoms with Gasteiger partial charge in [0.15, 0.2) is 0 Å². The number of nitrogens with two attached hydrogens (primary N) is 1. The normalized spacial score (nSPS) is 14.4. The molecule has 1 fully saturated rings. The van der Waals surface area contributed by atoms with Crippen LogP contribution in [0.25, 0.3) is 0 Å². The molecule has 0 amide bonds. The Hall–Kier alpha value is -1.82. The van der Waals surface area contributed by atoms with Gasteiger partial charge in [0.1, 0.15) is 11.4 Å². The third kappa shape index (κ3) is 3.57. The van der Waals surface area contributed by atoms with E-state index in [2.05, 4.69) is 0 Å². The van der Waals surface area contributed by atoms with Gasteiger partial charge >= 0.3 is 5.69 Å². The smallest absolute Gasteiger partial charge is 0.315 e. The summed E-state index contributed by atoms with van der Waals surface area (Å²) in [5.74, 6) is 0.729. The van der Waals surface area contributed by atoms with Gasteiger partial charge in [0.2, 0.25) is 0 Å². The second kappa shape index (κ2) is 5.88. The van der Waals surface area contributed by atoms with Crippen LogP contribution in [0.1, 0.15) is 12.8 Å². The lowest BCUT2D eigenvalue weighted by atomic mass is 10.2. The van der Waals surface area contributed by atoms with Crippen molar-refractivity contribution >= 4 is 17.1 Å². The van der Waals surface area contributed by atoms with E-state index in [1.165, 1.54) is 12.8 Å². The second-order valence-corrected chi connectivity index (χ2v) is 4.91. The summed E-state index contributed by atoms with van der Waals surface area (Å²) in [4.78, 5) is 12.4. The van der Waals surface area contributed by atoms with Gasteiger partial charge < -0.3 is 15.4 Å². The molecule has 6 nitrogen and oxygen atoms in total. The number of ether oxygens (including phenoxy) is 1. The molecule has 0 radical (unpaired) electrons. The van der Waals surface area contributed by atoms with E-state index in [4.69, 9.17) is 10.5 Å². The van der Waals surface area contributed by atoms with Crippen molar-refractivity contribution in [2.75, 3.05) is 37.4 Å². The molecule has 0 heterocycles. The Labute approximate surface area is 112 Å². The molecule has 0 aliphatic heterocycles. The van der Waals surface area contributed by atoms with E-state index in [0.717, 1.165) is 12.5 Å². The second-order valence-electron chi connectivity index (χ2n) is 4.91. The van der Waals surface area contributed by atoms with Crippen LogP contribution in [0.3, 0.4) is 0 Å². The molecule has 1 aromatic rings. The van der Waals surface area contributed by atoms with E-state index < -0.39 is 4.92 Å². The fourth-order valence-electron chi connectivity index (χ4n) is 1.91. The third-order valence-corrected chi connectivity index (χ3v) is 3.26. The van der Waals surface area contributed by atoms with E-state index in [1.807, 2.05) is 7.05 Å². The Morgan fingerprint density at radius 3 is 2.89 bits per heavy atom. The van der Waals surface area contributed by atoms with Crippen molar-refractivity contribution in [1.82, 2.24) is 0 Å². The van der Waals surface area contributed by atoms with Crippen LogP contribution < -0.4 is 10.6 Å². The number of nitro benzene ring substituents is 1. The van der Waals surface area contributed by atoms with E-state index in [9.17, 15) is 10.1 Å². The molecule has 0 saturated heterocycles. The molecular formula is C13H19N3O3. The highest BCUT2D eigenvalue weighted by atomic mass is 16.6. The average Bonchev–Trinajstić information content (AvgIpc) is 3.17. The molecule has 0 spiro atoms. The fourth-order valence-corrected chi connectivity index (χ4v) is 1.91. The van der Waals surface area contributed by atoms with E-state index in [1.54, 1.807) is 23.1 Å². The number of likely N-dealkylation sites (N-methyl/N-ethyl adjacent to an activating group) is 1. The van der Waals surface area contributed by atoms with Gasteiger partial charge in [-0.1, -0.05) is 6.07 Å². The third-order valence-electron chi connectivity index (χ3n) is 3.26. The summed E-state index contributed by atoms with van der Waals surface area (Å²) in [6.07, 6.45) is 2.52. The number of anilines is 2. The van der Waals surface area contributed by atoms with Crippen LogP contribution in [0.2, 0.25) is 0 Å². The van der Waals surface area contributed by atoms with Gasteiger partial charge in [0, 0.05) is 20.2 Å². The molecule has 2 rings (SSSR count). The molecule has 19 heavy (non-hydrogen) atoms. The topological polar surface area (TPSA) is 81.6 Å². The Bertz CT molecular complexity index is 460. The molecular weight excluding hydrogens is 246 g/mol. The van der Waals surface area contributed by atoms with Crippen LogP contribution >= 0.6 is 0 Å². The SMILES string of the molecule is CN(CCOCC1CC1)c1cccc(N)c1[N+](=O)[O-]. The van der Waals surface area contributed by atoms with Crippen molar-refractivity contribution in [2.24, 2.45) is 5.92 Å². The predicted octanol–water partition coefficient (Wildman–Crippen LogP) is 2.04. The molecule has 1 aliphatic rings. The highest BCUT2D eigenvalue weighted by Gasteiger charge is 2.22. The van der Waals surface area contributed by atoms with E-state index in [0.29, 0.717) is 18.8 Å². The summed E-state index contributed by atoms with van der Waals surface area (Å²) in [5, 5.41) is 11.0. The number of rotatable bonds is 7. The number of benzene rings is 1. The van der Waals surface area contributed by atoms with Crippen molar-refractivity contribution in [3.63, 3.8) is 0 Å². The van der Waals surface area contributed by atoms with Crippen molar-refractivity contribution in [2.45, 2.75) is 12.8 Å². The first-order valence-electron chi connectivity index (χ1n) is 6.41. The van der Waals surface area contributed by atoms with Crippen LogP contribution in [-0.4, -0.2) is 31.7 Å². The van der Waals surface area contributed by atoms with Crippen LogP contribution in [-0.2, 0) is 4.74 Å². The molecule has 0 aromatic heterocycles. The van der Waals surface area contributed by atoms with Crippen molar-refractivity contribution in [1.29, 1.82) is 0 Å². The van der Waals surface area contributed by atoms with Crippen LogP contribution in [0.15, 0.2) is 18.2 Å². The quantitative estimate of drug-likeness (QED) is 0.353. The lowest BCUT2D eigenvalue weighted by Crippen LogP contribution is -2.24. The predicted molar refractivity (Wildman–Crippen MR) is 74.3 cm³/mol. The van der Waals surface area contributed by atoms with Crippen molar-refractivity contribution < 1.29 is 9.66 Å². The minimum Gasteiger partial charge on any atom is -0.393 e. The summed E-state index contributed by atoms with van der Waals surface area (Å²) in [6, 6.07) is 4.97. The number of nitrogens with zero attached hydrogens (tertiary/aromatic N) is 2. The van der Waals surface area contributed by atoms with Gasteiger partial charge in [-0.3, -0.25) is 10.1 Å². The Kier molecular flexibility index (Phi) is 4.21. The number of para-hydroxylation sites is 1. The molecule has 6 heteroatoms. The maximum absolute atomic E-state index is 11.0. The molecule has 104 valence electrons. The van der Waals surface area contributed by atoms with Gasteiger partial charge in [0.05, 0.1) is 11.5 Å². The van der Waals surface area contributed by atoms with Crippen molar-refractivity contribution in [3.8, 4) is 0 Å². The first-order chi connectivity index (χ1) is 9.09. The Balaban J connectivity index is 1.95. The number of nitro groups is 1. The van der Waals surface area contributed by atoms with Crippen LogP contribution in [0.5, 0.6) is 0 Å². The highest BCUT2D eigenvalue weighted by molar-refractivity contribution is 5.75. The van der Waals surface area contributed by atoms with Gasteiger partial charge in [-0.05, 0) is 30.9 Å². The summed E-state index contributed by atoms with van der Waals surface area (Å²) in [7, 11) is 1.81.